The fourth-order valence-corrected chi connectivity index (χ4v) is 1.81. The van der Waals surface area contributed by atoms with E-state index >= 15 is 0 Å². The van der Waals surface area contributed by atoms with Gasteiger partial charge < -0.3 is 18.9 Å². The van der Waals surface area contributed by atoms with Crippen molar-refractivity contribution >= 4 is 0 Å². The van der Waals surface area contributed by atoms with E-state index < -0.39 is 0 Å². The number of para-hydroxylation sites is 1. The van der Waals surface area contributed by atoms with E-state index in [4.69, 9.17) is 18.9 Å². The van der Waals surface area contributed by atoms with Gasteiger partial charge in [0.15, 0.2) is 0 Å². The molecule has 0 amide bonds. The van der Waals surface area contributed by atoms with Gasteiger partial charge in [0.2, 0.25) is 0 Å². The van der Waals surface area contributed by atoms with E-state index in [0.29, 0.717) is 19.8 Å². The van der Waals surface area contributed by atoms with E-state index in [1.165, 1.54) is 0 Å². The zero-order chi connectivity index (χ0) is 15.2. The summed E-state index contributed by atoms with van der Waals surface area (Å²) in [6.45, 7) is 5.95. The molecule has 0 heterocycles. The fraction of sp³-hybridized carbons (Fsp3) is 0.625. The van der Waals surface area contributed by atoms with E-state index in [1.54, 1.807) is 14.2 Å². The van der Waals surface area contributed by atoms with Crippen molar-refractivity contribution in [2.24, 2.45) is 0 Å². The Labute approximate surface area is 127 Å². The van der Waals surface area contributed by atoms with Crippen LogP contribution in [0.4, 0.5) is 0 Å². The molecule has 1 aromatic rings. The average molecular weight is 297 g/mol. The molecule has 0 atom stereocenters. The topological polar surface area (TPSA) is 40.2 Å². The lowest BCUT2D eigenvalue weighted by atomic mass is 10.3. The second-order valence-corrected chi connectivity index (χ2v) is 4.60. The number of nitrogens with zero attached hydrogens (tertiary/aromatic N) is 1. The third-order valence-corrected chi connectivity index (χ3v) is 3.01. The highest BCUT2D eigenvalue weighted by atomic mass is 16.5. The lowest BCUT2D eigenvalue weighted by Gasteiger charge is -2.21. The molecule has 0 fully saturated rings. The van der Waals surface area contributed by atoms with E-state index in [-0.39, 0.29) is 0 Å². The van der Waals surface area contributed by atoms with Crippen LogP contribution in [0.3, 0.4) is 0 Å². The molecule has 0 aliphatic heterocycles. The molecule has 0 aliphatic rings. The average Bonchev–Trinajstić information content (AvgIpc) is 2.53. The van der Waals surface area contributed by atoms with Crippen LogP contribution in [0.2, 0.25) is 0 Å². The number of rotatable bonds is 13. The predicted octanol–water partition coefficient (Wildman–Crippen LogP) is 1.68. The molecule has 0 bridgehead atoms. The Kier molecular flexibility index (Phi) is 10.7. The molecule has 0 saturated heterocycles. The van der Waals surface area contributed by atoms with E-state index in [1.807, 2.05) is 30.3 Å². The van der Waals surface area contributed by atoms with Crippen molar-refractivity contribution in [2.75, 3.05) is 66.9 Å². The maximum atomic E-state index is 5.60. The molecule has 0 aliphatic carbocycles. The van der Waals surface area contributed by atoms with Crippen LogP contribution in [0.5, 0.6) is 5.75 Å². The van der Waals surface area contributed by atoms with E-state index in [2.05, 4.69) is 4.90 Å². The van der Waals surface area contributed by atoms with Crippen molar-refractivity contribution in [3.05, 3.63) is 30.3 Å². The third kappa shape index (κ3) is 9.42. The summed E-state index contributed by atoms with van der Waals surface area (Å²) >= 11 is 0. The van der Waals surface area contributed by atoms with Gasteiger partial charge in [-0.25, -0.2) is 0 Å². The Morgan fingerprint density at radius 3 is 2.00 bits per heavy atom. The Hall–Kier alpha value is -1.14. The van der Waals surface area contributed by atoms with Crippen LogP contribution in [0.1, 0.15) is 0 Å². The summed E-state index contributed by atoms with van der Waals surface area (Å²) in [5.41, 5.74) is 0. The Bertz CT molecular complexity index is 326. The minimum absolute atomic E-state index is 0.570. The molecule has 1 rings (SSSR count). The second kappa shape index (κ2) is 12.6. The van der Waals surface area contributed by atoms with Crippen molar-refractivity contribution in [2.45, 2.75) is 0 Å². The number of benzene rings is 1. The van der Waals surface area contributed by atoms with Gasteiger partial charge in [0, 0.05) is 33.9 Å². The van der Waals surface area contributed by atoms with Crippen molar-refractivity contribution in [1.82, 2.24) is 4.90 Å². The molecule has 0 spiro atoms. The molecule has 21 heavy (non-hydrogen) atoms. The molecule has 0 saturated carbocycles. The maximum absolute atomic E-state index is 5.60. The van der Waals surface area contributed by atoms with Crippen LogP contribution in [0, 0.1) is 0 Å². The quantitative estimate of drug-likeness (QED) is 0.518. The zero-order valence-electron chi connectivity index (χ0n) is 13.1. The van der Waals surface area contributed by atoms with Gasteiger partial charge in [-0.2, -0.15) is 0 Å². The van der Waals surface area contributed by atoms with Crippen LogP contribution in [0.15, 0.2) is 30.3 Å². The Balaban J connectivity index is 2.04. The SMILES string of the molecule is COCCN(CCOC)CCOCCOc1ccccc1. The fourth-order valence-electron chi connectivity index (χ4n) is 1.81. The van der Waals surface area contributed by atoms with E-state index in [9.17, 15) is 0 Å². The first kappa shape index (κ1) is 17.9. The third-order valence-electron chi connectivity index (χ3n) is 3.01. The monoisotopic (exact) mass is 297 g/mol. The highest BCUT2D eigenvalue weighted by molar-refractivity contribution is 5.20. The van der Waals surface area contributed by atoms with Crippen molar-refractivity contribution < 1.29 is 18.9 Å². The smallest absolute Gasteiger partial charge is 0.119 e. The Morgan fingerprint density at radius 1 is 0.762 bits per heavy atom. The second-order valence-electron chi connectivity index (χ2n) is 4.60. The maximum Gasteiger partial charge on any atom is 0.119 e. The molecule has 0 aromatic heterocycles. The summed E-state index contributed by atoms with van der Waals surface area (Å²) in [5.74, 6) is 0.878. The molecule has 5 heteroatoms. The van der Waals surface area contributed by atoms with Gasteiger partial charge in [0.05, 0.1) is 26.4 Å². The van der Waals surface area contributed by atoms with Gasteiger partial charge in [-0.3, -0.25) is 4.90 Å². The molecule has 0 N–H and O–H groups in total. The molecular weight excluding hydrogens is 270 g/mol. The molecule has 1 aromatic carbocycles. The van der Waals surface area contributed by atoms with Gasteiger partial charge in [-0.1, -0.05) is 18.2 Å². The number of ether oxygens (including phenoxy) is 4. The molecule has 120 valence electrons. The van der Waals surface area contributed by atoms with Crippen LogP contribution in [-0.2, 0) is 14.2 Å². The van der Waals surface area contributed by atoms with Crippen LogP contribution < -0.4 is 4.74 Å². The lowest BCUT2D eigenvalue weighted by molar-refractivity contribution is 0.0606. The first-order valence-corrected chi connectivity index (χ1v) is 7.32. The normalized spacial score (nSPS) is 11.0. The first-order chi connectivity index (χ1) is 10.4. The molecule has 5 nitrogen and oxygen atoms in total. The summed E-state index contributed by atoms with van der Waals surface area (Å²) in [5, 5.41) is 0. The lowest BCUT2D eigenvalue weighted by Crippen LogP contribution is -2.33. The summed E-state index contributed by atoms with van der Waals surface area (Å²) < 4.78 is 21.4. The molecule has 0 unspecified atom stereocenters. The minimum atomic E-state index is 0.570. The number of hydrogen-bond donors (Lipinski definition) is 0. The van der Waals surface area contributed by atoms with Gasteiger partial charge in [0.25, 0.3) is 0 Å². The summed E-state index contributed by atoms with van der Waals surface area (Å²) in [7, 11) is 3.43. The summed E-state index contributed by atoms with van der Waals surface area (Å²) in [6, 6.07) is 9.77. The zero-order valence-corrected chi connectivity index (χ0v) is 13.1. The van der Waals surface area contributed by atoms with Crippen molar-refractivity contribution in [3.8, 4) is 5.75 Å². The summed E-state index contributed by atoms with van der Waals surface area (Å²) in [4.78, 5) is 2.27. The van der Waals surface area contributed by atoms with Crippen LogP contribution in [0.25, 0.3) is 0 Å². The van der Waals surface area contributed by atoms with Crippen LogP contribution >= 0.6 is 0 Å². The standard InChI is InChI=1S/C16H27NO4/c1-18-11-8-17(9-12-19-2)10-13-20-14-15-21-16-6-4-3-5-7-16/h3-7H,8-15H2,1-2H3. The van der Waals surface area contributed by atoms with E-state index in [0.717, 1.165) is 38.6 Å². The predicted molar refractivity (Wildman–Crippen MR) is 82.9 cm³/mol. The highest BCUT2D eigenvalue weighted by Gasteiger charge is 2.04. The van der Waals surface area contributed by atoms with Crippen molar-refractivity contribution in [3.63, 3.8) is 0 Å². The highest BCUT2D eigenvalue weighted by Crippen LogP contribution is 2.07. The van der Waals surface area contributed by atoms with Gasteiger partial charge in [0.1, 0.15) is 12.4 Å². The van der Waals surface area contributed by atoms with Crippen molar-refractivity contribution in [1.29, 1.82) is 0 Å². The number of hydrogen-bond acceptors (Lipinski definition) is 5. The largest absolute Gasteiger partial charge is 0.491 e. The Morgan fingerprint density at radius 2 is 1.38 bits per heavy atom. The minimum Gasteiger partial charge on any atom is -0.491 e. The van der Waals surface area contributed by atoms with Gasteiger partial charge in [-0.05, 0) is 12.1 Å². The number of methoxy groups -OCH3 is 2. The van der Waals surface area contributed by atoms with Crippen LogP contribution in [-0.4, -0.2) is 71.8 Å². The first-order valence-electron chi connectivity index (χ1n) is 7.32. The summed E-state index contributed by atoms with van der Waals surface area (Å²) in [6.07, 6.45) is 0. The van der Waals surface area contributed by atoms with Gasteiger partial charge in [-0.15, -0.1) is 0 Å². The molecule has 0 radical (unpaired) electrons. The molecular formula is C16H27NO4. The van der Waals surface area contributed by atoms with Gasteiger partial charge >= 0.3 is 0 Å².